The van der Waals surface area contributed by atoms with E-state index in [2.05, 4.69) is 34.6 Å². The second-order valence-corrected chi connectivity index (χ2v) is 15.2. The Morgan fingerprint density at radius 3 is 1.45 bits per heavy atom. The van der Waals surface area contributed by atoms with Gasteiger partial charge in [-0.15, -0.1) is 0 Å². The summed E-state index contributed by atoms with van der Waals surface area (Å²) in [5.41, 5.74) is 0. The monoisotopic (exact) mass is 473 g/mol. The zero-order chi connectivity index (χ0) is 23.4. The van der Waals surface area contributed by atoms with Gasteiger partial charge in [0.1, 0.15) is 0 Å². The summed E-state index contributed by atoms with van der Waals surface area (Å²) in [6, 6.07) is 8.33. The van der Waals surface area contributed by atoms with Crippen LogP contribution in [0, 0.1) is 0 Å². The van der Waals surface area contributed by atoms with Crippen LogP contribution in [0.15, 0.2) is 35.2 Å². The molecule has 0 bridgehead atoms. The van der Waals surface area contributed by atoms with E-state index in [9.17, 15) is 8.42 Å². The predicted molar refractivity (Wildman–Crippen MR) is 141 cm³/mol. The SMILES string of the molecule is CCCCCCCCCCCCOS(=O)(=O)c1ccccc1.CC[P+](CC)(CC)CC. The van der Waals surface area contributed by atoms with Gasteiger partial charge in [0.2, 0.25) is 0 Å². The van der Waals surface area contributed by atoms with Gasteiger partial charge in [-0.1, -0.05) is 82.9 Å². The molecule has 0 heterocycles. The average molecular weight is 474 g/mol. The summed E-state index contributed by atoms with van der Waals surface area (Å²) in [6.45, 7) is 11.9. The van der Waals surface area contributed by atoms with E-state index in [0.29, 0.717) is 0 Å². The van der Waals surface area contributed by atoms with Gasteiger partial charge in [-0.3, -0.25) is 4.18 Å². The third-order valence-corrected chi connectivity index (χ3v) is 13.1. The maximum absolute atomic E-state index is 11.9. The maximum Gasteiger partial charge on any atom is 0.296 e. The molecule has 0 N–H and O–H groups in total. The Morgan fingerprint density at radius 2 is 1.06 bits per heavy atom. The lowest BCUT2D eigenvalue weighted by atomic mass is 10.1. The summed E-state index contributed by atoms with van der Waals surface area (Å²) in [4.78, 5) is 0.238. The van der Waals surface area contributed by atoms with Crippen molar-refractivity contribution in [3.8, 4) is 0 Å². The lowest BCUT2D eigenvalue weighted by Crippen LogP contribution is -2.07. The van der Waals surface area contributed by atoms with Crippen LogP contribution < -0.4 is 0 Å². The molecule has 1 aromatic carbocycles. The van der Waals surface area contributed by atoms with Crippen molar-refractivity contribution >= 4 is 17.4 Å². The molecule has 0 atom stereocenters. The van der Waals surface area contributed by atoms with Crippen LogP contribution in [0.1, 0.15) is 98.8 Å². The fourth-order valence-electron chi connectivity index (χ4n) is 3.75. The van der Waals surface area contributed by atoms with E-state index in [1.165, 1.54) is 76.0 Å². The molecule has 0 saturated heterocycles. The van der Waals surface area contributed by atoms with Gasteiger partial charge < -0.3 is 0 Å². The van der Waals surface area contributed by atoms with Gasteiger partial charge in [0.15, 0.2) is 0 Å². The molecule has 0 amide bonds. The molecular weight excluding hydrogens is 423 g/mol. The van der Waals surface area contributed by atoms with Gasteiger partial charge in [0.05, 0.1) is 36.2 Å². The fourth-order valence-corrected chi connectivity index (χ4v) is 7.40. The van der Waals surface area contributed by atoms with Crippen LogP contribution in [0.3, 0.4) is 0 Å². The van der Waals surface area contributed by atoms with Crippen LogP contribution in [0.5, 0.6) is 0 Å². The van der Waals surface area contributed by atoms with Gasteiger partial charge in [0, 0.05) is 7.26 Å². The Balaban J connectivity index is 0.000000842. The number of benzene rings is 1. The molecule has 0 fully saturated rings. The Hall–Kier alpha value is -0.440. The zero-order valence-corrected chi connectivity index (χ0v) is 22.8. The molecule has 182 valence electrons. The summed E-state index contributed by atoms with van der Waals surface area (Å²) in [6.07, 6.45) is 18.1. The highest BCUT2D eigenvalue weighted by Crippen LogP contribution is 2.57. The standard InChI is InChI=1S/C18H30O3S.C8H20P/c1-2-3-4-5-6-7-8-9-10-14-17-21-22(19,20)18-15-12-11-13-16-18;1-5-9(6-2,7-3)8-4/h11-13,15-16H,2-10,14,17H2,1H3;5-8H2,1-4H3/q;+1. The van der Waals surface area contributed by atoms with Gasteiger partial charge in [-0.2, -0.15) is 8.42 Å². The number of hydrogen-bond acceptors (Lipinski definition) is 3. The van der Waals surface area contributed by atoms with Crippen LogP contribution in [0.25, 0.3) is 0 Å². The molecule has 3 nitrogen and oxygen atoms in total. The second-order valence-electron chi connectivity index (χ2n) is 8.38. The van der Waals surface area contributed by atoms with Gasteiger partial charge in [-0.05, 0) is 46.2 Å². The summed E-state index contributed by atoms with van der Waals surface area (Å²) < 4.78 is 28.8. The molecule has 0 saturated carbocycles. The topological polar surface area (TPSA) is 43.4 Å². The molecule has 0 spiro atoms. The molecule has 0 aliphatic carbocycles. The van der Waals surface area contributed by atoms with E-state index in [1.54, 1.807) is 30.3 Å². The molecule has 0 aromatic heterocycles. The van der Waals surface area contributed by atoms with E-state index in [0.717, 1.165) is 12.8 Å². The predicted octanol–water partition coefficient (Wildman–Crippen LogP) is 8.40. The van der Waals surface area contributed by atoms with Crippen molar-refractivity contribution in [3.63, 3.8) is 0 Å². The van der Waals surface area contributed by atoms with E-state index in [4.69, 9.17) is 4.18 Å². The van der Waals surface area contributed by atoms with Crippen molar-refractivity contribution in [1.29, 1.82) is 0 Å². The highest BCUT2D eigenvalue weighted by Gasteiger charge is 2.27. The van der Waals surface area contributed by atoms with Crippen molar-refractivity contribution in [2.75, 3.05) is 31.3 Å². The molecule has 31 heavy (non-hydrogen) atoms. The molecule has 0 aliphatic heterocycles. The summed E-state index contributed by atoms with van der Waals surface area (Å²) >= 11 is 0. The average Bonchev–Trinajstić information content (AvgIpc) is 2.80. The Kier molecular flexibility index (Phi) is 18.8. The van der Waals surface area contributed by atoms with Gasteiger partial charge >= 0.3 is 0 Å². The number of hydrogen-bond donors (Lipinski definition) is 0. The molecule has 0 radical (unpaired) electrons. The first-order chi connectivity index (χ1) is 14.9. The first-order valence-corrected chi connectivity index (χ1v) is 16.6. The molecule has 0 aliphatic rings. The molecule has 1 aromatic rings. The van der Waals surface area contributed by atoms with Crippen molar-refractivity contribution in [1.82, 2.24) is 0 Å². The van der Waals surface area contributed by atoms with Crippen LogP contribution in [-0.2, 0) is 14.3 Å². The summed E-state index contributed by atoms with van der Waals surface area (Å²) in [7, 11) is -3.99. The van der Waals surface area contributed by atoms with Crippen LogP contribution in [-0.4, -0.2) is 39.7 Å². The summed E-state index contributed by atoms with van der Waals surface area (Å²) in [5, 5.41) is 0. The molecule has 1 rings (SSSR count). The largest absolute Gasteiger partial charge is 0.296 e. The first kappa shape index (κ1) is 30.6. The zero-order valence-electron chi connectivity index (χ0n) is 21.1. The number of unbranched alkanes of at least 4 members (excludes halogenated alkanes) is 9. The van der Waals surface area contributed by atoms with Gasteiger partial charge in [-0.25, -0.2) is 0 Å². The minimum absolute atomic E-state index is 0.238. The molecule has 5 heteroatoms. The quantitative estimate of drug-likeness (QED) is 0.130. The van der Waals surface area contributed by atoms with Crippen LogP contribution >= 0.6 is 7.26 Å². The Labute approximate surface area is 195 Å². The summed E-state index contributed by atoms with van der Waals surface area (Å²) in [5.74, 6) is 0. The number of rotatable bonds is 17. The first-order valence-electron chi connectivity index (χ1n) is 12.7. The van der Waals surface area contributed by atoms with Crippen molar-refractivity contribution in [2.24, 2.45) is 0 Å². The van der Waals surface area contributed by atoms with E-state index >= 15 is 0 Å². The van der Waals surface area contributed by atoms with Crippen molar-refractivity contribution in [3.05, 3.63) is 30.3 Å². The highest BCUT2D eigenvalue weighted by molar-refractivity contribution is 7.86. The van der Waals surface area contributed by atoms with Gasteiger partial charge in [0.25, 0.3) is 10.1 Å². The van der Waals surface area contributed by atoms with E-state index in [-0.39, 0.29) is 11.5 Å². The lowest BCUT2D eigenvalue weighted by molar-refractivity contribution is 0.306. The lowest BCUT2D eigenvalue weighted by Gasteiger charge is -2.20. The third-order valence-electron chi connectivity index (χ3n) is 6.45. The second kappa shape index (κ2) is 19.1. The Bertz CT molecular complexity index is 595. The minimum atomic E-state index is -3.57. The van der Waals surface area contributed by atoms with E-state index in [1.807, 2.05) is 0 Å². The Morgan fingerprint density at radius 1 is 0.645 bits per heavy atom. The molecular formula is C26H50O3PS+. The van der Waals surface area contributed by atoms with Crippen LogP contribution in [0.4, 0.5) is 0 Å². The van der Waals surface area contributed by atoms with Crippen LogP contribution in [0.2, 0.25) is 0 Å². The van der Waals surface area contributed by atoms with E-state index < -0.39 is 17.4 Å². The fraction of sp³-hybridized carbons (Fsp3) is 0.769. The smallest absolute Gasteiger partial charge is 0.266 e. The molecule has 0 unspecified atom stereocenters. The maximum atomic E-state index is 11.9. The van der Waals surface area contributed by atoms with Crippen molar-refractivity contribution in [2.45, 2.75) is 104 Å². The van der Waals surface area contributed by atoms with Crippen molar-refractivity contribution < 1.29 is 12.6 Å². The third kappa shape index (κ3) is 14.3. The minimum Gasteiger partial charge on any atom is -0.266 e. The normalized spacial score (nSPS) is 11.8. The highest BCUT2D eigenvalue weighted by atomic mass is 32.2.